The molecule has 1 aliphatic rings. The van der Waals surface area contributed by atoms with Crippen molar-refractivity contribution in [2.75, 3.05) is 18.1 Å². The molecule has 0 bridgehead atoms. The third-order valence-corrected chi connectivity index (χ3v) is 5.94. The highest BCUT2D eigenvalue weighted by atomic mass is 32.2. The van der Waals surface area contributed by atoms with Gasteiger partial charge in [-0.15, -0.1) is 11.3 Å². The van der Waals surface area contributed by atoms with Gasteiger partial charge in [0.05, 0.1) is 5.69 Å². The van der Waals surface area contributed by atoms with Crippen LogP contribution in [0.3, 0.4) is 0 Å². The fourth-order valence-electron chi connectivity index (χ4n) is 2.44. The fourth-order valence-corrected chi connectivity index (χ4v) is 4.14. The predicted molar refractivity (Wildman–Crippen MR) is 79.3 cm³/mol. The Hall–Kier alpha value is -0.220. The first-order valence-corrected chi connectivity index (χ1v) is 8.62. The minimum Gasteiger partial charge on any atom is -0.360 e. The number of aromatic nitrogens is 1. The van der Waals surface area contributed by atoms with Crippen LogP contribution in [0.5, 0.6) is 0 Å². The Kier molecular flexibility index (Phi) is 4.74. The molecule has 0 spiro atoms. The Morgan fingerprint density at radius 1 is 1.41 bits per heavy atom. The summed E-state index contributed by atoms with van der Waals surface area (Å²) < 4.78 is 0.455. The molecule has 0 aromatic carbocycles. The first-order chi connectivity index (χ1) is 8.28. The molecule has 1 saturated carbocycles. The Labute approximate surface area is 113 Å². The van der Waals surface area contributed by atoms with Crippen molar-refractivity contribution in [3.8, 4) is 0 Å². The minimum absolute atomic E-state index is 0.455. The van der Waals surface area contributed by atoms with Gasteiger partial charge >= 0.3 is 0 Å². The summed E-state index contributed by atoms with van der Waals surface area (Å²) in [6.45, 7) is 3.23. The molecule has 17 heavy (non-hydrogen) atoms. The van der Waals surface area contributed by atoms with Crippen molar-refractivity contribution in [3.63, 3.8) is 0 Å². The molecule has 2 rings (SSSR count). The molecular weight excluding hydrogens is 248 g/mol. The lowest BCUT2D eigenvalue weighted by atomic mass is 9.88. The van der Waals surface area contributed by atoms with Crippen LogP contribution in [0.2, 0.25) is 0 Å². The van der Waals surface area contributed by atoms with Gasteiger partial charge in [-0.3, -0.25) is 0 Å². The summed E-state index contributed by atoms with van der Waals surface area (Å²) in [4.78, 5) is 4.58. The van der Waals surface area contributed by atoms with E-state index in [1.54, 1.807) is 11.3 Å². The third-order valence-electron chi connectivity index (χ3n) is 3.67. The summed E-state index contributed by atoms with van der Waals surface area (Å²) in [5.41, 5.74) is 1.21. The van der Waals surface area contributed by atoms with E-state index < -0.39 is 0 Å². The Bertz CT molecular complexity index is 343. The third kappa shape index (κ3) is 3.38. The highest BCUT2D eigenvalue weighted by Gasteiger charge is 2.30. The van der Waals surface area contributed by atoms with Crippen molar-refractivity contribution in [2.24, 2.45) is 0 Å². The lowest BCUT2D eigenvalue weighted by Gasteiger charge is -2.35. The van der Waals surface area contributed by atoms with E-state index in [9.17, 15) is 0 Å². The highest BCUT2D eigenvalue weighted by molar-refractivity contribution is 8.00. The number of hydrogen-bond acceptors (Lipinski definition) is 4. The van der Waals surface area contributed by atoms with E-state index >= 15 is 0 Å². The zero-order chi connectivity index (χ0) is 12.1. The number of hydrogen-bond donors (Lipinski definition) is 1. The predicted octanol–water partition coefficient (Wildman–Crippen LogP) is 4.18. The molecule has 1 aliphatic carbocycles. The summed E-state index contributed by atoms with van der Waals surface area (Å²) in [5.74, 6) is 0. The molecule has 4 heteroatoms. The summed E-state index contributed by atoms with van der Waals surface area (Å²) in [5, 5.41) is 6.81. The monoisotopic (exact) mass is 270 g/mol. The number of aryl methyl sites for hydroxylation is 1. The lowest BCUT2D eigenvalue weighted by Crippen LogP contribution is -2.35. The van der Waals surface area contributed by atoms with Crippen LogP contribution in [-0.4, -0.2) is 22.5 Å². The number of anilines is 1. The standard InChI is InChI=1S/C13H22N2S2/c1-3-11-9-17-12(15-11)14-10-13(16-2)7-5-4-6-8-13/h9H,3-8,10H2,1-2H3,(H,14,15). The van der Waals surface area contributed by atoms with Crippen molar-refractivity contribution >= 4 is 28.2 Å². The van der Waals surface area contributed by atoms with Crippen LogP contribution in [0, 0.1) is 0 Å². The fraction of sp³-hybridized carbons (Fsp3) is 0.769. The van der Waals surface area contributed by atoms with Gasteiger partial charge in [0.25, 0.3) is 0 Å². The first-order valence-electron chi connectivity index (χ1n) is 6.51. The number of nitrogens with zero attached hydrogens (tertiary/aromatic N) is 1. The van der Waals surface area contributed by atoms with E-state index in [4.69, 9.17) is 0 Å². The molecule has 2 nitrogen and oxygen atoms in total. The maximum Gasteiger partial charge on any atom is 0.182 e. The summed E-state index contributed by atoms with van der Waals surface area (Å²) in [6.07, 6.45) is 10.2. The Morgan fingerprint density at radius 3 is 2.76 bits per heavy atom. The zero-order valence-corrected chi connectivity index (χ0v) is 12.4. The van der Waals surface area contributed by atoms with Crippen molar-refractivity contribution < 1.29 is 0 Å². The molecule has 1 aromatic rings. The highest BCUT2D eigenvalue weighted by Crippen LogP contribution is 2.38. The molecular formula is C13H22N2S2. The van der Waals surface area contributed by atoms with Gasteiger partial charge in [0.2, 0.25) is 0 Å². The molecule has 1 heterocycles. The van der Waals surface area contributed by atoms with Crippen LogP contribution < -0.4 is 5.32 Å². The van der Waals surface area contributed by atoms with Gasteiger partial charge in [-0.2, -0.15) is 11.8 Å². The van der Waals surface area contributed by atoms with Gasteiger partial charge in [0.15, 0.2) is 5.13 Å². The molecule has 1 N–H and O–H groups in total. The zero-order valence-electron chi connectivity index (χ0n) is 10.8. The van der Waals surface area contributed by atoms with Gasteiger partial charge in [-0.05, 0) is 25.5 Å². The SMILES string of the molecule is CCc1csc(NCC2(SC)CCCCC2)n1. The number of thioether (sulfide) groups is 1. The summed E-state index contributed by atoms with van der Waals surface area (Å²) >= 11 is 3.78. The van der Waals surface area contributed by atoms with Crippen LogP contribution in [0.15, 0.2) is 5.38 Å². The molecule has 0 amide bonds. The Balaban J connectivity index is 1.90. The van der Waals surface area contributed by atoms with Crippen LogP contribution in [-0.2, 0) is 6.42 Å². The minimum atomic E-state index is 0.455. The van der Waals surface area contributed by atoms with E-state index in [1.165, 1.54) is 37.8 Å². The molecule has 1 aromatic heterocycles. The molecule has 0 unspecified atom stereocenters. The van der Waals surface area contributed by atoms with Gasteiger partial charge in [0, 0.05) is 16.7 Å². The normalized spacial score (nSPS) is 19.2. The van der Waals surface area contributed by atoms with Crippen LogP contribution in [0.4, 0.5) is 5.13 Å². The van der Waals surface area contributed by atoms with Crippen molar-refractivity contribution in [1.29, 1.82) is 0 Å². The molecule has 0 saturated heterocycles. The smallest absolute Gasteiger partial charge is 0.182 e. The first kappa shape index (κ1) is 13.2. The molecule has 1 fully saturated rings. The quantitative estimate of drug-likeness (QED) is 0.868. The second-order valence-electron chi connectivity index (χ2n) is 4.80. The second kappa shape index (κ2) is 6.10. The van der Waals surface area contributed by atoms with Gasteiger partial charge in [0.1, 0.15) is 0 Å². The maximum atomic E-state index is 4.58. The second-order valence-corrected chi connectivity index (χ2v) is 6.93. The molecule has 0 atom stereocenters. The van der Waals surface area contributed by atoms with Crippen molar-refractivity contribution in [2.45, 2.75) is 50.2 Å². The van der Waals surface area contributed by atoms with Gasteiger partial charge < -0.3 is 5.32 Å². The average molecular weight is 270 g/mol. The summed E-state index contributed by atoms with van der Waals surface area (Å²) in [6, 6.07) is 0. The van der Waals surface area contributed by atoms with Gasteiger partial charge in [-0.25, -0.2) is 4.98 Å². The molecule has 96 valence electrons. The van der Waals surface area contributed by atoms with E-state index in [-0.39, 0.29) is 0 Å². The van der Waals surface area contributed by atoms with E-state index in [1.807, 2.05) is 11.8 Å². The van der Waals surface area contributed by atoms with Crippen LogP contribution in [0.1, 0.15) is 44.7 Å². The van der Waals surface area contributed by atoms with Gasteiger partial charge in [-0.1, -0.05) is 26.2 Å². The van der Waals surface area contributed by atoms with E-state index in [2.05, 4.69) is 28.9 Å². The lowest BCUT2D eigenvalue weighted by molar-refractivity contribution is 0.411. The van der Waals surface area contributed by atoms with Crippen LogP contribution >= 0.6 is 23.1 Å². The largest absolute Gasteiger partial charge is 0.360 e. The number of nitrogens with one attached hydrogen (secondary N) is 1. The number of rotatable bonds is 5. The van der Waals surface area contributed by atoms with Crippen molar-refractivity contribution in [3.05, 3.63) is 11.1 Å². The van der Waals surface area contributed by atoms with Crippen molar-refractivity contribution in [1.82, 2.24) is 4.98 Å². The average Bonchev–Trinajstić information content (AvgIpc) is 2.85. The molecule has 0 aliphatic heterocycles. The van der Waals surface area contributed by atoms with Crippen LogP contribution in [0.25, 0.3) is 0 Å². The topological polar surface area (TPSA) is 24.9 Å². The number of thiazole rings is 1. The van der Waals surface area contributed by atoms with E-state index in [0.717, 1.165) is 18.1 Å². The van der Waals surface area contributed by atoms with E-state index in [0.29, 0.717) is 4.75 Å². The summed E-state index contributed by atoms with van der Waals surface area (Å²) in [7, 11) is 0. The maximum absolute atomic E-state index is 4.58. The molecule has 0 radical (unpaired) electrons. The Morgan fingerprint density at radius 2 is 2.18 bits per heavy atom.